The van der Waals surface area contributed by atoms with Crippen molar-refractivity contribution in [3.63, 3.8) is 0 Å². The molecule has 0 bridgehead atoms. The van der Waals surface area contributed by atoms with E-state index >= 15 is 0 Å². The van der Waals surface area contributed by atoms with Gasteiger partial charge in [-0.2, -0.15) is 0 Å². The Labute approximate surface area is 163 Å². The molecule has 0 spiro atoms. The first kappa shape index (κ1) is 17.6. The number of halogens is 1. The zero-order chi connectivity index (χ0) is 19.0. The highest BCUT2D eigenvalue weighted by Gasteiger charge is 2.35. The summed E-state index contributed by atoms with van der Waals surface area (Å²) >= 11 is 6.66. The lowest BCUT2D eigenvalue weighted by molar-refractivity contribution is -0.123. The first-order chi connectivity index (χ1) is 13.0. The number of amides is 2. The van der Waals surface area contributed by atoms with Crippen LogP contribution in [0.15, 0.2) is 68.9 Å². The Morgan fingerprint density at radius 3 is 2.56 bits per heavy atom. The number of thioether (sulfide) groups is 1. The maximum absolute atomic E-state index is 12.6. The first-order valence-corrected chi connectivity index (χ1v) is 9.23. The van der Waals surface area contributed by atoms with Crippen molar-refractivity contribution in [2.45, 2.75) is 6.54 Å². The Kier molecular flexibility index (Phi) is 4.59. The fourth-order valence-electron chi connectivity index (χ4n) is 2.74. The first-order valence-electron chi connectivity index (χ1n) is 8.03. The second kappa shape index (κ2) is 7.06. The van der Waals surface area contributed by atoms with Gasteiger partial charge in [-0.05, 0) is 47.7 Å². The molecule has 1 aliphatic rings. The van der Waals surface area contributed by atoms with Crippen molar-refractivity contribution in [2.24, 2.45) is 0 Å². The zero-order valence-electron chi connectivity index (χ0n) is 13.8. The number of hydrogen-bond donors (Lipinski definition) is 0. The zero-order valence-corrected chi connectivity index (χ0v) is 15.4. The van der Waals surface area contributed by atoms with Crippen LogP contribution in [-0.2, 0) is 11.3 Å². The Bertz CT molecular complexity index is 1150. The average molecular weight is 398 g/mol. The van der Waals surface area contributed by atoms with Crippen LogP contribution in [-0.4, -0.2) is 16.0 Å². The standard InChI is InChI=1S/C20H12ClNO4S/c21-14-7-5-12(6-8-14)10-22-19(24)17(27-20(22)25)9-13-11-26-16-4-2-1-3-15(16)18(13)23/h1-9,11H,10H2. The monoisotopic (exact) mass is 397 g/mol. The van der Waals surface area contributed by atoms with Crippen molar-refractivity contribution in [3.8, 4) is 0 Å². The van der Waals surface area contributed by atoms with E-state index in [1.807, 2.05) is 0 Å². The topological polar surface area (TPSA) is 67.6 Å². The molecule has 2 heterocycles. The summed E-state index contributed by atoms with van der Waals surface area (Å²) < 4.78 is 5.45. The summed E-state index contributed by atoms with van der Waals surface area (Å²) in [6.45, 7) is 0.144. The van der Waals surface area contributed by atoms with Crippen LogP contribution in [0.4, 0.5) is 4.79 Å². The molecule has 1 fully saturated rings. The SMILES string of the molecule is O=C1SC(=Cc2coc3ccccc3c2=O)C(=O)N1Cc1ccc(Cl)cc1. The average Bonchev–Trinajstić information content (AvgIpc) is 2.93. The van der Waals surface area contributed by atoms with Crippen molar-refractivity contribution >= 4 is 51.6 Å². The molecule has 0 saturated carbocycles. The molecule has 0 radical (unpaired) electrons. The minimum Gasteiger partial charge on any atom is -0.463 e. The van der Waals surface area contributed by atoms with E-state index in [4.69, 9.17) is 16.0 Å². The van der Waals surface area contributed by atoms with Gasteiger partial charge < -0.3 is 4.42 Å². The van der Waals surface area contributed by atoms with Crippen LogP contribution in [0.2, 0.25) is 5.02 Å². The maximum Gasteiger partial charge on any atom is 0.293 e. The van der Waals surface area contributed by atoms with Crippen molar-refractivity contribution in [2.75, 3.05) is 0 Å². The van der Waals surface area contributed by atoms with Gasteiger partial charge in [0.05, 0.1) is 22.4 Å². The third-order valence-corrected chi connectivity index (χ3v) is 5.28. The van der Waals surface area contributed by atoms with Gasteiger partial charge in [0.25, 0.3) is 11.1 Å². The third kappa shape index (κ3) is 3.41. The highest BCUT2D eigenvalue weighted by molar-refractivity contribution is 8.18. The summed E-state index contributed by atoms with van der Waals surface area (Å²) in [7, 11) is 0. The predicted octanol–water partition coefficient (Wildman–Crippen LogP) is 4.68. The normalized spacial score (nSPS) is 15.9. The van der Waals surface area contributed by atoms with E-state index < -0.39 is 5.91 Å². The van der Waals surface area contributed by atoms with Gasteiger partial charge in [-0.25, -0.2) is 0 Å². The Balaban J connectivity index is 1.64. The molecule has 7 heteroatoms. The number of hydrogen-bond acceptors (Lipinski definition) is 5. The molecule has 27 heavy (non-hydrogen) atoms. The summed E-state index contributed by atoms with van der Waals surface area (Å²) in [6.07, 6.45) is 2.71. The maximum atomic E-state index is 12.6. The van der Waals surface area contributed by atoms with E-state index in [2.05, 4.69) is 0 Å². The second-order valence-corrected chi connectivity index (χ2v) is 7.34. The lowest BCUT2D eigenvalue weighted by Gasteiger charge is -2.12. The van der Waals surface area contributed by atoms with Crippen LogP contribution >= 0.6 is 23.4 Å². The molecule has 1 saturated heterocycles. The Hall–Kier alpha value is -2.83. The van der Waals surface area contributed by atoms with Gasteiger partial charge in [-0.1, -0.05) is 35.9 Å². The number of benzene rings is 2. The largest absolute Gasteiger partial charge is 0.463 e. The number of fused-ring (bicyclic) bond motifs is 1. The summed E-state index contributed by atoms with van der Waals surface area (Å²) in [6, 6.07) is 13.8. The van der Waals surface area contributed by atoms with Crippen LogP contribution < -0.4 is 5.43 Å². The van der Waals surface area contributed by atoms with Crippen LogP contribution in [0.1, 0.15) is 11.1 Å². The van der Waals surface area contributed by atoms with E-state index in [0.717, 1.165) is 22.2 Å². The molecule has 1 aliphatic heterocycles. The van der Waals surface area contributed by atoms with Crippen LogP contribution in [0.25, 0.3) is 17.0 Å². The van der Waals surface area contributed by atoms with Gasteiger partial charge in [-0.15, -0.1) is 0 Å². The van der Waals surface area contributed by atoms with Crippen molar-refractivity contribution in [1.82, 2.24) is 4.90 Å². The van der Waals surface area contributed by atoms with Crippen molar-refractivity contribution < 1.29 is 14.0 Å². The van der Waals surface area contributed by atoms with Gasteiger partial charge in [0.1, 0.15) is 11.8 Å². The van der Waals surface area contributed by atoms with Crippen LogP contribution in [0, 0.1) is 0 Å². The minimum absolute atomic E-state index is 0.144. The number of imide groups is 1. The molecule has 2 amide bonds. The molecule has 0 aliphatic carbocycles. The van der Waals surface area contributed by atoms with Crippen LogP contribution in [0.5, 0.6) is 0 Å². The summed E-state index contributed by atoms with van der Waals surface area (Å²) in [5.74, 6) is -0.437. The number of carbonyl (C=O) groups is 2. The van der Waals surface area contributed by atoms with E-state index in [0.29, 0.717) is 16.0 Å². The number of rotatable bonds is 3. The quantitative estimate of drug-likeness (QED) is 0.600. The molecule has 3 aromatic rings. The molecule has 0 atom stereocenters. The molecular formula is C20H12ClNO4S. The number of carbonyl (C=O) groups excluding carboxylic acids is 2. The van der Waals surface area contributed by atoms with Gasteiger partial charge in [-0.3, -0.25) is 19.3 Å². The molecule has 134 valence electrons. The van der Waals surface area contributed by atoms with E-state index in [-0.39, 0.29) is 27.7 Å². The predicted molar refractivity (Wildman–Crippen MR) is 105 cm³/mol. The molecular weight excluding hydrogens is 386 g/mol. The number of nitrogens with zero attached hydrogens (tertiary/aromatic N) is 1. The molecule has 4 rings (SSSR count). The number of para-hydroxylation sites is 1. The smallest absolute Gasteiger partial charge is 0.293 e. The molecule has 5 nitrogen and oxygen atoms in total. The van der Waals surface area contributed by atoms with E-state index in [1.165, 1.54) is 12.3 Å². The third-order valence-electron chi connectivity index (χ3n) is 4.12. The van der Waals surface area contributed by atoms with Gasteiger partial charge in [0, 0.05) is 5.02 Å². The van der Waals surface area contributed by atoms with Crippen molar-refractivity contribution in [3.05, 3.63) is 86.1 Å². The Morgan fingerprint density at radius 1 is 1.04 bits per heavy atom. The summed E-state index contributed by atoms with van der Waals surface area (Å²) in [5, 5.41) is 0.619. The lowest BCUT2D eigenvalue weighted by atomic mass is 10.1. The lowest BCUT2D eigenvalue weighted by Crippen LogP contribution is -2.27. The molecule has 2 aromatic carbocycles. The van der Waals surface area contributed by atoms with Gasteiger partial charge in [0.2, 0.25) is 0 Å². The fraction of sp³-hybridized carbons (Fsp3) is 0.0500. The van der Waals surface area contributed by atoms with Crippen LogP contribution in [0.3, 0.4) is 0 Å². The minimum atomic E-state index is -0.437. The van der Waals surface area contributed by atoms with E-state index in [1.54, 1.807) is 48.5 Å². The highest BCUT2D eigenvalue weighted by Crippen LogP contribution is 2.33. The Morgan fingerprint density at radius 2 is 1.78 bits per heavy atom. The van der Waals surface area contributed by atoms with E-state index in [9.17, 15) is 14.4 Å². The fourth-order valence-corrected chi connectivity index (χ4v) is 3.70. The summed E-state index contributed by atoms with van der Waals surface area (Å²) in [5.41, 5.74) is 1.23. The molecule has 0 unspecified atom stereocenters. The summed E-state index contributed by atoms with van der Waals surface area (Å²) in [4.78, 5) is 38.8. The van der Waals surface area contributed by atoms with Gasteiger partial charge in [0.15, 0.2) is 5.43 Å². The molecule has 0 N–H and O–H groups in total. The highest BCUT2D eigenvalue weighted by atomic mass is 35.5. The molecule has 1 aromatic heterocycles. The van der Waals surface area contributed by atoms with Crippen molar-refractivity contribution in [1.29, 1.82) is 0 Å². The van der Waals surface area contributed by atoms with Gasteiger partial charge >= 0.3 is 0 Å². The second-order valence-electron chi connectivity index (χ2n) is 5.91.